The number of amides is 1. The summed E-state index contributed by atoms with van der Waals surface area (Å²) in [4.78, 5) is 24.9. The highest BCUT2D eigenvalue weighted by Crippen LogP contribution is 2.20. The number of nitrogens with zero attached hydrogens (tertiary/aromatic N) is 5. The van der Waals surface area contributed by atoms with Gasteiger partial charge < -0.3 is 14.3 Å². The molecule has 0 spiro atoms. The van der Waals surface area contributed by atoms with Crippen molar-refractivity contribution in [1.82, 2.24) is 20.0 Å². The van der Waals surface area contributed by atoms with E-state index in [0.29, 0.717) is 18.8 Å². The van der Waals surface area contributed by atoms with Gasteiger partial charge in [-0.05, 0) is 19.9 Å². The Labute approximate surface area is 145 Å². The predicted octanol–water partition coefficient (Wildman–Crippen LogP) is 1.66. The van der Waals surface area contributed by atoms with Crippen molar-refractivity contribution < 1.29 is 9.32 Å². The van der Waals surface area contributed by atoms with Crippen molar-refractivity contribution in [3.63, 3.8) is 0 Å². The van der Waals surface area contributed by atoms with E-state index in [1.54, 1.807) is 30.2 Å². The van der Waals surface area contributed by atoms with Gasteiger partial charge in [-0.1, -0.05) is 5.16 Å². The smallest absolute Gasteiger partial charge is 0.232 e. The molecule has 1 amide bonds. The number of carbonyl (C=O) groups excluding carboxylic acids is 1. The average molecular weight is 347 g/mol. The Bertz CT molecular complexity index is 664. The fourth-order valence-corrected chi connectivity index (χ4v) is 3.73. The number of hydrogen-bond donors (Lipinski definition) is 0. The number of anilines is 1. The topological polar surface area (TPSA) is 75.4 Å². The quantitative estimate of drug-likeness (QED) is 0.814. The van der Waals surface area contributed by atoms with Crippen LogP contribution in [0.3, 0.4) is 0 Å². The minimum Gasteiger partial charge on any atom is -0.361 e. The molecule has 1 aliphatic heterocycles. The van der Waals surface area contributed by atoms with Gasteiger partial charge in [0.1, 0.15) is 5.76 Å². The molecular formula is C16H21N5O2S. The number of piperazine rings is 1. The molecule has 1 fully saturated rings. The first-order valence-corrected chi connectivity index (χ1v) is 9.10. The molecule has 0 aromatic carbocycles. The van der Waals surface area contributed by atoms with E-state index < -0.39 is 0 Å². The molecule has 8 heteroatoms. The molecule has 0 saturated carbocycles. The molecule has 3 heterocycles. The summed E-state index contributed by atoms with van der Waals surface area (Å²) in [6.07, 6.45) is 3.48. The van der Waals surface area contributed by atoms with Gasteiger partial charge in [-0.3, -0.25) is 4.79 Å². The molecule has 1 aliphatic rings. The number of aryl methyl sites for hydroxylation is 2. The zero-order chi connectivity index (χ0) is 16.9. The van der Waals surface area contributed by atoms with Crippen molar-refractivity contribution >= 4 is 23.6 Å². The second-order valence-electron chi connectivity index (χ2n) is 5.71. The Balaban J connectivity index is 1.44. The normalized spacial score (nSPS) is 14.9. The fraction of sp³-hybridized carbons (Fsp3) is 0.500. The molecule has 1 saturated heterocycles. The summed E-state index contributed by atoms with van der Waals surface area (Å²) in [6, 6.07) is 1.81. The summed E-state index contributed by atoms with van der Waals surface area (Å²) in [7, 11) is 0. The van der Waals surface area contributed by atoms with Crippen LogP contribution < -0.4 is 4.90 Å². The summed E-state index contributed by atoms with van der Waals surface area (Å²) < 4.78 is 5.15. The van der Waals surface area contributed by atoms with Gasteiger partial charge >= 0.3 is 0 Å². The van der Waals surface area contributed by atoms with Crippen molar-refractivity contribution in [3.05, 3.63) is 35.5 Å². The van der Waals surface area contributed by atoms with E-state index in [9.17, 15) is 4.79 Å². The predicted molar refractivity (Wildman–Crippen MR) is 93.0 cm³/mol. The third-order valence-corrected chi connectivity index (χ3v) is 5.06. The van der Waals surface area contributed by atoms with Gasteiger partial charge in [0.2, 0.25) is 11.9 Å². The van der Waals surface area contributed by atoms with Crippen molar-refractivity contribution in [3.8, 4) is 0 Å². The Morgan fingerprint density at radius 1 is 1.21 bits per heavy atom. The van der Waals surface area contributed by atoms with Gasteiger partial charge in [-0.15, -0.1) is 11.8 Å². The molecular weight excluding hydrogens is 326 g/mol. The SMILES string of the molecule is Cc1noc(C)c1CSCC(=O)N1CCN(c2ncccn2)CC1. The van der Waals surface area contributed by atoms with E-state index in [0.717, 1.165) is 41.8 Å². The Morgan fingerprint density at radius 2 is 1.92 bits per heavy atom. The van der Waals surface area contributed by atoms with Crippen molar-refractivity contribution in [1.29, 1.82) is 0 Å². The summed E-state index contributed by atoms with van der Waals surface area (Å²) in [5.41, 5.74) is 2.00. The first-order chi connectivity index (χ1) is 11.6. The molecule has 0 aliphatic carbocycles. The van der Waals surface area contributed by atoms with Gasteiger partial charge in [0.25, 0.3) is 0 Å². The van der Waals surface area contributed by atoms with Crippen LogP contribution >= 0.6 is 11.8 Å². The number of carbonyl (C=O) groups is 1. The van der Waals surface area contributed by atoms with Crippen LogP contribution in [0.2, 0.25) is 0 Å². The highest BCUT2D eigenvalue weighted by Gasteiger charge is 2.22. The maximum atomic E-state index is 12.4. The second kappa shape index (κ2) is 7.65. The monoisotopic (exact) mass is 347 g/mol. The third kappa shape index (κ3) is 3.87. The molecule has 7 nitrogen and oxygen atoms in total. The van der Waals surface area contributed by atoms with Crippen LogP contribution in [0.4, 0.5) is 5.95 Å². The van der Waals surface area contributed by atoms with Crippen LogP contribution in [0.25, 0.3) is 0 Å². The van der Waals surface area contributed by atoms with Crippen LogP contribution in [0.1, 0.15) is 17.0 Å². The highest BCUT2D eigenvalue weighted by atomic mass is 32.2. The van der Waals surface area contributed by atoms with Gasteiger partial charge in [-0.2, -0.15) is 0 Å². The molecule has 0 bridgehead atoms. The molecule has 0 unspecified atom stereocenters. The molecule has 2 aromatic heterocycles. The van der Waals surface area contributed by atoms with Gasteiger partial charge in [-0.25, -0.2) is 9.97 Å². The van der Waals surface area contributed by atoms with Crippen molar-refractivity contribution in [2.45, 2.75) is 19.6 Å². The summed E-state index contributed by atoms with van der Waals surface area (Å²) in [5.74, 6) is 2.98. The zero-order valence-electron chi connectivity index (χ0n) is 13.9. The minimum absolute atomic E-state index is 0.181. The second-order valence-corrected chi connectivity index (χ2v) is 6.70. The van der Waals surface area contributed by atoms with Gasteiger partial charge in [0.05, 0.1) is 11.4 Å². The maximum Gasteiger partial charge on any atom is 0.232 e. The van der Waals surface area contributed by atoms with Crippen LogP contribution in [-0.2, 0) is 10.5 Å². The van der Waals surface area contributed by atoms with Crippen LogP contribution in [0.5, 0.6) is 0 Å². The largest absolute Gasteiger partial charge is 0.361 e. The lowest BCUT2D eigenvalue weighted by Gasteiger charge is -2.34. The number of hydrogen-bond acceptors (Lipinski definition) is 7. The zero-order valence-corrected chi connectivity index (χ0v) is 14.8. The lowest BCUT2D eigenvalue weighted by molar-refractivity contribution is -0.128. The van der Waals surface area contributed by atoms with E-state index in [2.05, 4.69) is 20.0 Å². The van der Waals surface area contributed by atoms with E-state index in [-0.39, 0.29) is 5.91 Å². The molecule has 2 aromatic rings. The van der Waals surface area contributed by atoms with Crippen LogP contribution in [0, 0.1) is 13.8 Å². The lowest BCUT2D eigenvalue weighted by atomic mass is 10.2. The van der Waals surface area contributed by atoms with Gasteiger partial charge in [0, 0.05) is 49.9 Å². The first kappa shape index (κ1) is 16.8. The maximum absolute atomic E-state index is 12.4. The average Bonchev–Trinajstić information content (AvgIpc) is 2.94. The standard InChI is InChI=1S/C16H21N5O2S/c1-12-14(13(2)23-19-12)10-24-11-15(22)20-6-8-21(9-7-20)16-17-4-3-5-18-16/h3-5H,6-11H2,1-2H3. The molecule has 24 heavy (non-hydrogen) atoms. The summed E-state index contributed by atoms with van der Waals surface area (Å²) in [5, 5.41) is 3.94. The fourth-order valence-electron chi connectivity index (χ4n) is 2.65. The van der Waals surface area contributed by atoms with Crippen molar-refractivity contribution in [2.24, 2.45) is 0 Å². The number of rotatable bonds is 5. The first-order valence-electron chi connectivity index (χ1n) is 7.94. The molecule has 0 radical (unpaired) electrons. The lowest BCUT2D eigenvalue weighted by Crippen LogP contribution is -2.49. The number of aromatic nitrogens is 3. The van der Waals surface area contributed by atoms with Crippen molar-refractivity contribution in [2.75, 3.05) is 36.8 Å². The Kier molecular flexibility index (Phi) is 5.34. The van der Waals surface area contributed by atoms with Crippen LogP contribution in [-0.4, -0.2) is 57.9 Å². The highest BCUT2D eigenvalue weighted by molar-refractivity contribution is 7.99. The molecule has 3 rings (SSSR count). The summed E-state index contributed by atoms with van der Waals surface area (Å²) in [6.45, 7) is 6.79. The number of thioether (sulfide) groups is 1. The van der Waals surface area contributed by atoms with E-state index >= 15 is 0 Å². The molecule has 128 valence electrons. The minimum atomic E-state index is 0.181. The van der Waals surface area contributed by atoms with E-state index in [1.165, 1.54) is 0 Å². The van der Waals surface area contributed by atoms with E-state index in [4.69, 9.17) is 4.52 Å². The van der Waals surface area contributed by atoms with E-state index in [1.807, 2.05) is 18.7 Å². The third-order valence-electron chi connectivity index (χ3n) is 4.12. The van der Waals surface area contributed by atoms with Gasteiger partial charge in [0.15, 0.2) is 0 Å². The Morgan fingerprint density at radius 3 is 2.54 bits per heavy atom. The summed E-state index contributed by atoms with van der Waals surface area (Å²) >= 11 is 1.61. The molecule has 0 atom stereocenters. The molecule has 0 N–H and O–H groups in total. The Hall–Kier alpha value is -2.09. The van der Waals surface area contributed by atoms with Crippen LogP contribution in [0.15, 0.2) is 23.0 Å².